The van der Waals surface area contributed by atoms with Crippen LogP contribution in [0.3, 0.4) is 0 Å². The van der Waals surface area contributed by atoms with Gasteiger partial charge in [-0.25, -0.2) is 0 Å². The Morgan fingerprint density at radius 1 is 1.29 bits per heavy atom. The highest BCUT2D eigenvalue weighted by molar-refractivity contribution is 9.10. The monoisotopic (exact) mass is 383 g/mol. The molecule has 0 aliphatic rings. The molecule has 2 nitrogen and oxygen atoms in total. The molecule has 2 aromatic carbocycles. The SMILES string of the molecule is Cc1cc(NC(=O)CSCc2ccccc2Cl)ccc1Br. The Balaban J connectivity index is 1.82. The van der Waals surface area contributed by atoms with Gasteiger partial charge >= 0.3 is 0 Å². The van der Waals surface area contributed by atoms with Gasteiger partial charge in [0.2, 0.25) is 5.91 Å². The minimum Gasteiger partial charge on any atom is -0.325 e. The predicted octanol–water partition coefficient (Wildman–Crippen LogP) is 5.28. The van der Waals surface area contributed by atoms with Crippen LogP contribution in [0.1, 0.15) is 11.1 Å². The number of aryl methyl sites for hydroxylation is 1. The molecule has 2 aromatic rings. The number of amides is 1. The van der Waals surface area contributed by atoms with Crippen LogP contribution in [0.2, 0.25) is 5.02 Å². The van der Waals surface area contributed by atoms with Gasteiger partial charge < -0.3 is 5.32 Å². The van der Waals surface area contributed by atoms with Gasteiger partial charge in [0.25, 0.3) is 0 Å². The van der Waals surface area contributed by atoms with Crippen molar-refractivity contribution in [2.75, 3.05) is 11.1 Å². The molecule has 0 spiro atoms. The lowest BCUT2D eigenvalue weighted by Crippen LogP contribution is -2.14. The summed E-state index contributed by atoms with van der Waals surface area (Å²) in [5.41, 5.74) is 2.96. The first-order valence-electron chi connectivity index (χ1n) is 6.43. The van der Waals surface area contributed by atoms with Crippen molar-refractivity contribution in [3.8, 4) is 0 Å². The minimum atomic E-state index is -0.00576. The second-order valence-corrected chi connectivity index (χ2v) is 6.84. The molecule has 0 bridgehead atoms. The Labute approximate surface area is 142 Å². The van der Waals surface area contributed by atoms with Gasteiger partial charge in [-0.15, -0.1) is 11.8 Å². The highest BCUT2D eigenvalue weighted by Crippen LogP contribution is 2.22. The number of hydrogen-bond acceptors (Lipinski definition) is 2. The van der Waals surface area contributed by atoms with E-state index < -0.39 is 0 Å². The fourth-order valence-electron chi connectivity index (χ4n) is 1.79. The van der Waals surface area contributed by atoms with Gasteiger partial charge in [0.15, 0.2) is 0 Å². The molecule has 2 rings (SSSR count). The van der Waals surface area contributed by atoms with E-state index >= 15 is 0 Å². The molecule has 0 unspecified atom stereocenters. The average Bonchev–Trinajstić information content (AvgIpc) is 2.45. The second kappa shape index (κ2) is 7.87. The van der Waals surface area contributed by atoms with E-state index in [-0.39, 0.29) is 5.91 Å². The van der Waals surface area contributed by atoms with E-state index in [0.29, 0.717) is 5.75 Å². The van der Waals surface area contributed by atoms with Gasteiger partial charge in [0, 0.05) is 20.9 Å². The topological polar surface area (TPSA) is 29.1 Å². The van der Waals surface area contributed by atoms with E-state index in [2.05, 4.69) is 21.2 Å². The van der Waals surface area contributed by atoms with Crippen LogP contribution in [-0.2, 0) is 10.5 Å². The Hall–Kier alpha value is -0.970. The summed E-state index contributed by atoms with van der Waals surface area (Å²) in [6.07, 6.45) is 0. The van der Waals surface area contributed by atoms with Crippen LogP contribution < -0.4 is 5.32 Å². The van der Waals surface area contributed by atoms with E-state index in [1.54, 1.807) is 11.8 Å². The van der Waals surface area contributed by atoms with Crippen LogP contribution in [0.4, 0.5) is 5.69 Å². The van der Waals surface area contributed by atoms with Crippen LogP contribution in [0.5, 0.6) is 0 Å². The van der Waals surface area contributed by atoms with Crippen LogP contribution in [-0.4, -0.2) is 11.7 Å². The maximum Gasteiger partial charge on any atom is 0.234 e. The van der Waals surface area contributed by atoms with Gasteiger partial charge in [0.1, 0.15) is 0 Å². The molecule has 0 saturated carbocycles. The van der Waals surface area contributed by atoms with Crippen LogP contribution in [0.25, 0.3) is 0 Å². The van der Waals surface area contributed by atoms with Crippen molar-refractivity contribution in [1.82, 2.24) is 0 Å². The molecule has 21 heavy (non-hydrogen) atoms. The highest BCUT2D eigenvalue weighted by Gasteiger charge is 2.05. The van der Waals surface area contributed by atoms with Crippen LogP contribution >= 0.6 is 39.3 Å². The Morgan fingerprint density at radius 3 is 2.76 bits per heavy atom. The molecule has 1 N–H and O–H groups in total. The molecule has 0 aliphatic heterocycles. The van der Waals surface area contributed by atoms with Gasteiger partial charge in [-0.05, 0) is 42.3 Å². The molecule has 110 valence electrons. The third kappa shape index (κ3) is 5.06. The second-order valence-electron chi connectivity index (χ2n) is 4.60. The summed E-state index contributed by atoms with van der Waals surface area (Å²) in [5, 5.41) is 3.64. The zero-order chi connectivity index (χ0) is 15.2. The molecule has 1 amide bonds. The third-order valence-corrected chi connectivity index (χ3v) is 5.13. The largest absolute Gasteiger partial charge is 0.325 e. The Bertz CT molecular complexity index is 648. The number of carbonyl (C=O) groups excluding carboxylic acids is 1. The van der Waals surface area contributed by atoms with Crippen LogP contribution in [0, 0.1) is 6.92 Å². The van der Waals surface area contributed by atoms with Gasteiger partial charge in [-0.2, -0.15) is 0 Å². The zero-order valence-corrected chi connectivity index (χ0v) is 14.7. The van der Waals surface area contributed by atoms with E-state index in [4.69, 9.17) is 11.6 Å². The van der Waals surface area contributed by atoms with Crippen molar-refractivity contribution in [2.45, 2.75) is 12.7 Å². The lowest BCUT2D eigenvalue weighted by Gasteiger charge is -2.07. The normalized spacial score (nSPS) is 10.4. The molecule has 0 radical (unpaired) electrons. The lowest BCUT2D eigenvalue weighted by atomic mass is 10.2. The summed E-state index contributed by atoms with van der Waals surface area (Å²) in [7, 11) is 0. The molecule has 0 saturated heterocycles. The first-order chi connectivity index (χ1) is 10.1. The van der Waals surface area contributed by atoms with Crippen LogP contribution in [0.15, 0.2) is 46.9 Å². The first kappa shape index (κ1) is 16.4. The smallest absolute Gasteiger partial charge is 0.234 e. The number of benzene rings is 2. The molecular formula is C16H15BrClNOS. The van der Waals surface area contributed by atoms with E-state index in [1.807, 2.05) is 49.4 Å². The molecule has 5 heteroatoms. The summed E-state index contributed by atoms with van der Waals surface area (Å²) in [6, 6.07) is 13.5. The number of anilines is 1. The van der Waals surface area contributed by atoms with Crippen molar-refractivity contribution in [3.05, 3.63) is 63.1 Å². The molecule has 0 atom stereocenters. The lowest BCUT2D eigenvalue weighted by molar-refractivity contribution is -0.113. The molecule has 0 heterocycles. The quantitative estimate of drug-likeness (QED) is 0.759. The number of thioether (sulfide) groups is 1. The number of carbonyl (C=O) groups is 1. The van der Waals surface area contributed by atoms with E-state index in [9.17, 15) is 4.79 Å². The Kier molecular flexibility index (Phi) is 6.15. The summed E-state index contributed by atoms with van der Waals surface area (Å²) >= 11 is 11.1. The van der Waals surface area contributed by atoms with Crippen molar-refractivity contribution in [2.24, 2.45) is 0 Å². The summed E-state index contributed by atoms with van der Waals surface area (Å²) in [5.74, 6) is 1.13. The predicted molar refractivity (Wildman–Crippen MR) is 95.1 cm³/mol. The zero-order valence-electron chi connectivity index (χ0n) is 11.5. The van der Waals surface area contributed by atoms with E-state index in [0.717, 1.165) is 32.1 Å². The number of rotatable bonds is 5. The van der Waals surface area contributed by atoms with Crippen molar-refractivity contribution in [3.63, 3.8) is 0 Å². The number of nitrogens with one attached hydrogen (secondary N) is 1. The summed E-state index contributed by atoms with van der Waals surface area (Å²) in [6.45, 7) is 1.99. The standard InChI is InChI=1S/C16H15BrClNOS/c1-11-8-13(6-7-14(11)17)19-16(20)10-21-9-12-4-2-3-5-15(12)18/h2-8H,9-10H2,1H3,(H,19,20). The summed E-state index contributed by atoms with van der Waals surface area (Å²) < 4.78 is 1.04. The number of halogens is 2. The average molecular weight is 385 g/mol. The third-order valence-electron chi connectivity index (χ3n) is 2.89. The maximum atomic E-state index is 11.9. The number of hydrogen-bond donors (Lipinski definition) is 1. The fraction of sp³-hybridized carbons (Fsp3) is 0.188. The van der Waals surface area contributed by atoms with Crippen molar-refractivity contribution >= 4 is 50.9 Å². The minimum absolute atomic E-state index is 0.00576. The highest BCUT2D eigenvalue weighted by atomic mass is 79.9. The van der Waals surface area contributed by atoms with Gasteiger partial charge in [0.05, 0.1) is 5.75 Å². The fourth-order valence-corrected chi connectivity index (χ4v) is 3.15. The van der Waals surface area contributed by atoms with Crippen molar-refractivity contribution < 1.29 is 4.79 Å². The summed E-state index contributed by atoms with van der Waals surface area (Å²) in [4.78, 5) is 11.9. The van der Waals surface area contributed by atoms with Crippen molar-refractivity contribution in [1.29, 1.82) is 0 Å². The molecule has 0 aliphatic carbocycles. The first-order valence-corrected chi connectivity index (χ1v) is 8.76. The van der Waals surface area contributed by atoms with Gasteiger partial charge in [-0.3, -0.25) is 4.79 Å². The molecule has 0 aromatic heterocycles. The maximum absolute atomic E-state index is 11.9. The van der Waals surface area contributed by atoms with Gasteiger partial charge in [-0.1, -0.05) is 45.7 Å². The van der Waals surface area contributed by atoms with E-state index in [1.165, 1.54) is 0 Å². The molecular weight excluding hydrogens is 370 g/mol. The molecule has 0 fully saturated rings. The Morgan fingerprint density at radius 2 is 2.05 bits per heavy atom.